The van der Waals surface area contributed by atoms with Crippen LogP contribution < -0.4 is 0 Å². The van der Waals surface area contributed by atoms with Crippen molar-refractivity contribution in [3.05, 3.63) is 103 Å². The highest BCUT2D eigenvalue weighted by molar-refractivity contribution is 6.15. The smallest absolute Gasteiger partial charge is 0.0547 e. The molecule has 1 atom stereocenters. The lowest BCUT2D eigenvalue weighted by Crippen LogP contribution is -1.93. The van der Waals surface area contributed by atoms with Crippen molar-refractivity contribution in [1.29, 1.82) is 0 Å². The van der Waals surface area contributed by atoms with Gasteiger partial charge < -0.3 is 4.57 Å². The first-order valence-electron chi connectivity index (χ1n) is 10.5. The lowest BCUT2D eigenvalue weighted by atomic mass is 9.94. The Hall–Kier alpha value is -3.32. The van der Waals surface area contributed by atoms with E-state index in [1.165, 1.54) is 50.6 Å². The molecule has 0 aliphatic heterocycles. The summed E-state index contributed by atoms with van der Waals surface area (Å²) in [5.74, 6) is 0.597. The number of para-hydroxylation sites is 2. The Morgan fingerprint density at radius 1 is 0.690 bits per heavy atom. The molecular formula is C28H25N. The normalized spacial score (nSPS) is 12.5. The van der Waals surface area contributed by atoms with Crippen molar-refractivity contribution in [2.24, 2.45) is 0 Å². The minimum atomic E-state index is 0.597. The summed E-state index contributed by atoms with van der Waals surface area (Å²) in [4.78, 5) is 0. The highest BCUT2D eigenvalue weighted by Gasteiger charge is 2.15. The van der Waals surface area contributed by atoms with Crippen LogP contribution in [0.15, 0.2) is 97.1 Å². The van der Waals surface area contributed by atoms with Crippen LogP contribution in [0.2, 0.25) is 0 Å². The molecule has 1 aromatic heterocycles. The van der Waals surface area contributed by atoms with Crippen LogP contribution in [-0.2, 0) is 0 Å². The minimum absolute atomic E-state index is 0.597. The molecule has 0 saturated heterocycles. The third-order valence-corrected chi connectivity index (χ3v) is 6.12. The molecule has 0 radical (unpaired) electrons. The first kappa shape index (κ1) is 17.8. The number of rotatable bonds is 4. The molecule has 1 heteroatoms. The Kier molecular flexibility index (Phi) is 4.44. The van der Waals surface area contributed by atoms with Crippen molar-refractivity contribution in [3.63, 3.8) is 0 Å². The molecule has 1 unspecified atom stereocenters. The van der Waals surface area contributed by atoms with E-state index in [0.29, 0.717) is 5.92 Å². The van der Waals surface area contributed by atoms with E-state index in [4.69, 9.17) is 0 Å². The molecule has 5 rings (SSSR count). The third kappa shape index (κ3) is 2.94. The Morgan fingerprint density at radius 2 is 1.38 bits per heavy atom. The van der Waals surface area contributed by atoms with Crippen LogP contribution in [0.5, 0.6) is 0 Å². The summed E-state index contributed by atoms with van der Waals surface area (Å²) in [7, 11) is 0. The maximum atomic E-state index is 2.38. The molecule has 0 bridgehead atoms. The van der Waals surface area contributed by atoms with Gasteiger partial charge in [0, 0.05) is 16.5 Å². The van der Waals surface area contributed by atoms with Crippen LogP contribution >= 0.6 is 0 Å². The highest BCUT2D eigenvalue weighted by Crippen LogP contribution is 2.38. The zero-order valence-corrected chi connectivity index (χ0v) is 17.0. The topological polar surface area (TPSA) is 4.93 Å². The van der Waals surface area contributed by atoms with Crippen LogP contribution in [-0.4, -0.2) is 4.57 Å². The van der Waals surface area contributed by atoms with Crippen molar-refractivity contribution in [2.45, 2.75) is 26.2 Å². The number of benzene rings is 4. The predicted octanol–water partition coefficient (Wildman–Crippen LogP) is 7.96. The maximum absolute atomic E-state index is 2.38. The van der Waals surface area contributed by atoms with Crippen LogP contribution in [0.3, 0.4) is 0 Å². The molecule has 0 fully saturated rings. The molecule has 4 aromatic carbocycles. The second-order valence-corrected chi connectivity index (χ2v) is 7.82. The maximum Gasteiger partial charge on any atom is 0.0547 e. The molecule has 0 aliphatic rings. The lowest BCUT2D eigenvalue weighted by Gasteiger charge is -2.11. The predicted molar refractivity (Wildman–Crippen MR) is 125 cm³/mol. The molecule has 5 aromatic rings. The quantitative estimate of drug-likeness (QED) is 0.300. The first-order valence-corrected chi connectivity index (χ1v) is 10.5. The fraction of sp³-hybridized carbons (Fsp3) is 0.143. The average molecular weight is 376 g/mol. The number of fused-ring (bicyclic) bond motifs is 3. The number of aromatic nitrogens is 1. The van der Waals surface area contributed by atoms with Gasteiger partial charge in [-0.3, -0.25) is 0 Å². The average Bonchev–Trinajstić information content (AvgIpc) is 3.14. The molecule has 29 heavy (non-hydrogen) atoms. The third-order valence-electron chi connectivity index (χ3n) is 6.12. The molecule has 1 nitrogen and oxygen atoms in total. The van der Waals surface area contributed by atoms with Gasteiger partial charge in [-0.25, -0.2) is 0 Å². The fourth-order valence-corrected chi connectivity index (χ4v) is 4.34. The molecular weight excluding hydrogens is 350 g/mol. The van der Waals surface area contributed by atoms with Crippen LogP contribution in [0, 0.1) is 0 Å². The second-order valence-electron chi connectivity index (χ2n) is 7.82. The van der Waals surface area contributed by atoms with E-state index in [2.05, 4.69) is 115 Å². The number of hydrogen-bond acceptors (Lipinski definition) is 0. The van der Waals surface area contributed by atoms with E-state index >= 15 is 0 Å². The largest absolute Gasteiger partial charge is 0.309 e. The SMILES string of the molecule is CCC(C)c1ccc(-c2cccc3c2c2ccccc2n3-c2ccccc2)cc1. The first-order chi connectivity index (χ1) is 14.3. The summed E-state index contributed by atoms with van der Waals surface area (Å²) in [5.41, 5.74) is 7.68. The van der Waals surface area contributed by atoms with E-state index in [-0.39, 0.29) is 0 Å². The standard InChI is InChI=1S/C28H25N/c1-3-20(2)21-16-18-22(19-17-21)24-13-9-15-27-28(24)25-12-7-8-14-26(25)29(27)23-10-5-4-6-11-23/h4-20H,3H2,1-2H3. The van der Waals surface area contributed by atoms with E-state index in [0.717, 1.165) is 0 Å². The summed E-state index contributed by atoms with van der Waals surface area (Å²) in [6.45, 7) is 4.54. The van der Waals surface area contributed by atoms with Crippen molar-refractivity contribution in [2.75, 3.05) is 0 Å². The summed E-state index contributed by atoms with van der Waals surface area (Å²) >= 11 is 0. The van der Waals surface area contributed by atoms with Crippen LogP contribution in [0.4, 0.5) is 0 Å². The van der Waals surface area contributed by atoms with E-state index in [1.807, 2.05) is 0 Å². The Balaban J connectivity index is 1.79. The van der Waals surface area contributed by atoms with Gasteiger partial charge >= 0.3 is 0 Å². The Bertz CT molecular complexity index is 1280. The van der Waals surface area contributed by atoms with Gasteiger partial charge in [-0.2, -0.15) is 0 Å². The van der Waals surface area contributed by atoms with Gasteiger partial charge in [0.15, 0.2) is 0 Å². The van der Waals surface area contributed by atoms with Crippen molar-refractivity contribution < 1.29 is 0 Å². The van der Waals surface area contributed by atoms with Crippen molar-refractivity contribution >= 4 is 21.8 Å². The molecule has 0 saturated carbocycles. The zero-order chi connectivity index (χ0) is 19.8. The summed E-state index contributed by atoms with van der Waals surface area (Å²) in [5, 5.41) is 2.62. The van der Waals surface area contributed by atoms with Gasteiger partial charge in [0.2, 0.25) is 0 Å². The van der Waals surface area contributed by atoms with Gasteiger partial charge in [-0.05, 0) is 53.3 Å². The number of hydrogen-bond donors (Lipinski definition) is 0. The molecule has 0 N–H and O–H groups in total. The van der Waals surface area contributed by atoms with Gasteiger partial charge in [-0.15, -0.1) is 0 Å². The highest BCUT2D eigenvalue weighted by atomic mass is 15.0. The van der Waals surface area contributed by atoms with Crippen molar-refractivity contribution in [3.8, 4) is 16.8 Å². The zero-order valence-electron chi connectivity index (χ0n) is 17.0. The number of nitrogens with zero attached hydrogens (tertiary/aromatic N) is 1. The summed E-state index contributed by atoms with van der Waals surface area (Å²) in [6, 6.07) is 35.2. The molecule has 142 valence electrons. The van der Waals surface area contributed by atoms with Gasteiger partial charge in [0.1, 0.15) is 0 Å². The van der Waals surface area contributed by atoms with E-state index in [1.54, 1.807) is 0 Å². The molecule has 0 amide bonds. The lowest BCUT2D eigenvalue weighted by molar-refractivity contribution is 0.734. The summed E-state index contributed by atoms with van der Waals surface area (Å²) in [6.07, 6.45) is 1.17. The monoisotopic (exact) mass is 375 g/mol. The van der Waals surface area contributed by atoms with Gasteiger partial charge in [0.05, 0.1) is 11.0 Å². The van der Waals surface area contributed by atoms with Gasteiger partial charge in [0.25, 0.3) is 0 Å². The van der Waals surface area contributed by atoms with E-state index < -0.39 is 0 Å². The van der Waals surface area contributed by atoms with Crippen LogP contribution in [0.25, 0.3) is 38.6 Å². The Labute approximate surface area is 172 Å². The Morgan fingerprint density at radius 3 is 2.14 bits per heavy atom. The van der Waals surface area contributed by atoms with Crippen LogP contribution in [0.1, 0.15) is 31.7 Å². The summed E-state index contributed by atoms with van der Waals surface area (Å²) < 4.78 is 2.38. The second kappa shape index (κ2) is 7.25. The molecule has 1 heterocycles. The minimum Gasteiger partial charge on any atom is -0.309 e. The molecule has 0 spiro atoms. The van der Waals surface area contributed by atoms with E-state index in [9.17, 15) is 0 Å². The van der Waals surface area contributed by atoms with Gasteiger partial charge in [-0.1, -0.05) is 86.6 Å². The molecule has 0 aliphatic carbocycles. The fourth-order valence-electron chi connectivity index (χ4n) is 4.34. The van der Waals surface area contributed by atoms with Crippen molar-refractivity contribution in [1.82, 2.24) is 4.57 Å².